The molecule has 15 heavy (non-hydrogen) atoms. The highest BCUT2D eigenvalue weighted by atomic mass is 19.1. The Morgan fingerprint density at radius 1 is 1.53 bits per heavy atom. The van der Waals surface area contributed by atoms with Crippen LogP contribution in [0.2, 0.25) is 0 Å². The highest BCUT2D eigenvalue weighted by Gasteiger charge is 2.24. The predicted octanol–water partition coefficient (Wildman–Crippen LogP) is 1.69. The van der Waals surface area contributed by atoms with Crippen LogP contribution in [0, 0.1) is 6.92 Å². The van der Waals surface area contributed by atoms with Gasteiger partial charge in [-0.2, -0.15) is 0 Å². The number of rotatable bonds is 2. The second kappa shape index (κ2) is 3.88. The van der Waals surface area contributed by atoms with Crippen molar-refractivity contribution >= 4 is 11.6 Å². The van der Waals surface area contributed by atoms with Gasteiger partial charge in [0.25, 0.3) is 5.91 Å². The minimum atomic E-state index is -0.543. The van der Waals surface area contributed by atoms with Crippen molar-refractivity contribution in [2.24, 2.45) is 0 Å². The molecule has 0 atom stereocenters. The Morgan fingerprint density at radius 3 is 3.07 bits per heavy atom. The van der Waals surface area contributed by atoms with Gasteiger partial charge in [-0.25, -0.2) is 4.39 Å². The molecule has 1 aliphatic rings. The van der Waals surface area contributed by atoms with Gasteiger partial charge < -0.3 is 9.64 Å². The summed E-state index contributed by atoms with van der Waals surface area (Å²) in [5.41, 5.74) is 1.72. The minimum absolute atomic E-state index is 0.00352. The van der Waals surface area contributed by atoms with Crippen LogP contribution in [0.25, 0.3) is 0 Å². The number of amides is 1. The van der Waals surface area contributed by atoms with E-state index in [1.165, 1.54) is 4.90 Å². The lowest BCUT2D eigenvalue weighted by Crippen LogP contribution is -2.40. The van der Waals surface area contributed by atoms with Gasteiger partial charge >= 0.3 is 0 Å². The van der Waals surface area contributed by atoms with Gasteiger partial charge in [0.15, 0.2) is 6.61 Å². The van der Waals surface area contributed by atoms with Crippen molar-refractivity contribution < 1.29 is 13.9 Å². The van der Waals surface area contributed by atoms with E-state index in [2.05, 4.69) is 0 Å². The van der Waals surface area contributed by atoms with E-state index in [4.69, 9.17) is 4.74 Å². The van der Waals surface area contributed by atoms with Crippen molar-refractivity contribution in [2.75, 3.05) is 24.7 Å². The zero-order chi connectivity index (χ0) is 10.8. The molecule has 1 amide bonds. The largest absolute Gasteiger partial charge is 0.482 e. The van der Waals surface area contributed by atoms with E-state index < -0.39 is 6.67 Å². The average Bonchev–Trinajstić information content (AvgIpc) is 2.22. The third-order valence-corrected chi connectivity index (χ3v) is 2.37. The molecular formula is C11H12FNO2. The van der Waals surface area contributed by atoms with Crippen LogP contribution in [-0.4, -0.2) is 25.7 Å². The third-order valence-electron chi connectivity index (χ3n) is 2.37. The molecule has 1 heterocycles. The van der Waals surface area contributed by atoms with E-state index in [-0.39, 0.29) is 19.1 Å². The highest BCUT2D eigenvalue weighted by Crippen LogP contribution is 2.32. The molecule has 0 fully saturated rings. The van der Waals surface area contributed by atoms with Crippen LogP contribution < -0.4 is 9.64 Å². The molecule has 0 saturated heterocycles. The van der Waals surface area contributed by atoms with Gasteiger partial charge in [0.1, 0.15) is 12.4 Å². The van der Waals surface area contributed by atoms with Crippen molar-refractivity contribution in [1.29, 1.82) is 0 Å². The number of carbonyl (C=O) groups is 1. The number of carbonyl (C=O) groups excluding carboxylic acids is 1. The Morgan fingerprint density at radius 2 is 2.33 bits per heavy atom. The topological polar surface area (TPSA) is 29.5 Å². The Bertz CT molecular complexity index is 392. The lowest BCUT2D eigenvalue weighted by Gasteiger charge is -2.28. The molecule has 1 aromatic carbocycles. The van der Waals surface area contributed by atoms with Gasteiger partial charge in [-0.05, 0) is 24.6 Å². The molecule has 4 heteroatoms. The summed E-state index contributed by atoms with van der Waals surface area (Å²) in [6, 6.07) is 5.52. The number of benzene rings is 1. The van der Waals surface area contributed by atoms with Crippen LogP contribution in [-0.2, 0) is 4.79 Å². The van der Waals surface area contributed by atoms with E-state index in [0.717, 1.165) is 5.56 Å². The first kappa shape index (κ1) is 9.96. The summed E-state index contributed by atoms with van der Waals surface area (Å²) in [7, 11) is 0. The van der Waals surface area contributed by atoms with E-state index in [1.54, 1.807) is 6.07 Å². The maximum atomic E-state index is 12.3. The Labute approximate surface area is 87.5 Å². The summed E-state index contributed by atoms with van der Waals surface area (Å²) in [5, 5.41) is 0. The summed E-state index contributed by atoms with van der Waals surface area (Å²) < 4.78 is 17.6. The number of anilines is 1. The molecule has 0 aliphatic carbocycles. The van der Waals surface area contributed by atoms with Crippen LogP contribution in [0.1, 0.15) is 5.56 Å². The average molecular weight is 209 g/mol. The Kier molecular flexibility index (Phi) is 2.58. The molecule has 80 valence electrons. The van der Waals surface area contributed by atoms with E-state index in [0.29, 0.717) is 11.4 Å². The fraction of sp³-hybridized carbons (Fsp3) is 0.364. The van der Waals surface area contributed by atoms with Crippen molar-refractivity contribution in [1.82, 2.24) is 0 Å². The minimum Gasteiger partial charge on any atom is -0.482 e. The second-order valence-corrected chi connectivity index (χ2v) is 3.49. The molecule has 0 bridgehead atoms. The summed E-state index contributed by atoms with van der Waals surface area (Å²) in [6.07, 6.45) is 0. The number of nitrogens with zero attached hydrogens (tertiary/aromatic N) is 1. The van der Waals surface area contributed by atoms with Crippen molar-refractivity contribution in [2.45, 2.75) is 6.92 Å². The molecule has 1 aromatic rings. The van der Waals surface area contributed by atoms with Crippen molar-refractivity contribution in [3.63, 3.8) is 0 Å². The lowest BCUT2D eigenvalue weighted by molar-refractivity contribution is -0.121. The molecule has 2 rings (SSSR count). The first-order chi connectivity index (χ1) is 7.22. The fourth-order valence-electron chi connectivity index (χ4n) is 1.64. The third kappa shape index (κ3) is 1.79. The van der Waals surface area contributed by atoms with Crippen LogP contribution in [0.3, 0.4) is 0 Å². The lowest BCUT2D eigenvalue weighted by atomic mass is 10.1. The molecule has 0 spiro atoms. The van der Waals surface area contributed by atoms with E-state index in [1.807, 2.05) is 19.1 Å². The summed E-state index contributed by atoms with van der Waals surface area (Å²) in [6.45, 7) is 1.49. The van der Waals surface area contributed by atoms with Crippen LogP contribution in [0.5, 0.6) is 5.75 Å². The maximum absolute atomic E-state index is 12.3. The van der Waals surface area contributed by atoms with E-state index in [9.17, 15) is 9.18 Å². The van der Waals surface area contributed by atoms with Gasteiger partial charge in [-0.1, -0.05) is 6.07 Å². The molecule has 0 unspecified atom stereocenters. The van der Waals surface area contributed by atoms with Gasteiger partial charge in [-0.3, -0.25) is 4.79 Å². The predicted molar refractivity (Wildman–Crippen MR) is 55.0 cm³/mol. The monoisotopic (exact) mass is 209 g/mol. The van der Waals surface area contributed by atoms with Gasteiger partial charge in [-0.15, -0.1) is 0 Å². The number of hydrogen-bond donors (Lipinski definition) is 0. The summed E-state index contributed by atoms with van der Waals surface area (Å²) >= 11 is 0. The van der Waals surface area contributed by atoms with Crippen LogP contribution in [0.15, 0.2) is 18.2 Å². The Balaban J connectivity index is 2.39. The maximum Gasteiger partial charge on any atom is 0.265 e. The standard InChI is InChI=1S/C11H12FNO2/c1-8-2-3-9-10(6-8)15-7-11(14)13(9)5-4-12/h2-3,6H,4-5,7H2,1H3. The number of aryl methyl sites for hydroxylation is 1. The highest BCUT2D eigenvalue weighted by molar-refractivity contribution is 5.97. The number of halogens is 1. The molecule has 1 aliphatic heterocycles. The molecule has 0 radical (unpaired) electrons. The van der Waals surface area contributed by atoms with Crippen molar-refractivity contribution in [3.8, 4) is 5.75 Å². The van der Waals surface area contributed by atoms with Crippen molar-refractivity contribution in [3.05, 3.63) is 23.8 Å². The fourth-order valence-corrected chi connectivity index (χ4v) is 1.64. The smallest absolute Gasteiger partial charge is 0.265 e. The first-order valence-electron chi connectivity index (χ1n) is 4.82. The van der Waals surface area contributed by atoms with E-state index >= 15 is 0 Å². The molecule has 0 saturated carbocycles. The van der Waals surface area contributed by atoms with Crippen LogP contribution >= 0.6 is 0 Å². The second-order valence-electron chi connectivity index (χ2n) is 3.49. The van der Waals surface area contributed by atoms with Gasteiger partial charge in [0.05, 0.1) is 12.2 Å². The van der Waals surface area contributed by atoms with Gasteiger partial charge in [0.2, 0.25) is 0 Å². The zero-order valence-electron chi connectivity index (χ0n) is 8.50. The summed E-state index contributed by atoms with van der Waals surface area (Å²) in [5.74, 6) is 0.465. The molecule has 0 aromatic heterocycles. The van der Waals surface area contributed by atoms with Crippen LogP contribution in [0.4, 0.5) is 10.1 Å². The SMILES string of the molecule is Cc1ccc2c(c1)OCC(=O)N2CCF. The molecule has 3 nitrogen and oxygen atoms in total. The Hall–Kier alpha value is -1.58. The summed E-state index contributed by atoms with van der Waals surface area (Å²) in [4.78, 5) is 12.9. The number of ether oxygens (including phenoxy) is 1. The molecule has 0 N–H and O–H groups in total. The molecular weight excluding hydrogens is 197 g/mol. The number of alkyl halides is 1. The first-order valence-corrected chi connectivity index (χ1v) is 4.82. The number of hydrogen-bond acceptors (Lipinski definition) is 2. The number of fused-ring (bicyclic) bond motifs is 1. The normalized spacial score (nSPS) is 14.8. The zero-order valence-corrected chi connectivity index (χ0v) is 8.50. The van der Waals surface area contributed by atoms with Gasteiger partial charge in [0, 0.05) is 0 Å². The quantitative estimate of drug-likeness (QED) is 0.741.